The number of likely N-dealkylation sites (N-methyl/N-ethyl adjacent to an activating group) is 1. The highest BCUT2D eigenvalue weighted by atomic mass is 16.6. The molecule has 0 saturated heterocycles. The molecule has 0 heterocycles. The molecule has 1 unspecified atom stereocenters. The van der Waals surface area contributed by atoms with E-state index in [-0.39, 0.29) is 0 Å². The smallest absolute Gasteiger partial charge is 0.335 e. The lowest BCUT2D eigenvalue weighted by Crippen LogP contribution is -2.45. The number of ether oxygens (including phenoxy) is 2. The summed E-state index contributed by atoms with van der Waals surface area (Å²) < 4.78 is 9.45. The van der Waals surface area contributed by atoms with Gasteiger partial charge in [-0.2, -0.15) is 0 Å². The third kappa shape index (κ3) is 4.23. The van der Waals surface area contributed by atoms with E-state index < -0.39 is 23.6 Å². The standard InChI is InChI=1S/C9H17NO4/c1-9(2,3)14-8(12)6(10-4)7(11)13-5/h6,10H,1-5H3. The normalized spacial score (nSPS) is 13.2. The average molecular weight is 203 g/mol. The van der Waals surface area contributed by atoms with E-state index in [1.165, 1.54) is 14.2 Å². The quantitative estimate of drug-likeness (QED) is 0.520. The molecule has 0 amide bonds. The topological polar surface area (TPSA) is 64.6 Å². The van der Waals surface area contributed by atoms with Gasteiger partial charge in [0.05, 0.1) is 7.11 Å². The molecule has 5 heteroatoms. The number of carbonyl (C=O) groups is 2. The van der Waals surface area contributed by atoms with Crippen molar-refractivity contribution in [3.8, 4) is 0 Å². The zero-order valence-corrected chi connectivity index (χ0v) is 9.21. The number of rotatable bonds is 3. The highest BCUT2D eigenvalue weighted by molar-refractivity contribution is 5.99. The van der Waals surface area contributed by atoms with Crippen molar-refractivity contribution >= 4 is 11.9 Å². The Morgan fingerprint density at radius 1 is 1.21 bits per heavy atom. The molecular weight excluding hydrogens is 186 g/mol. The van der Waals surface area contributed by atoms with Crippen LogP contribution in [-0.4, -0.2) is 37.7 Å². The molecule has 1 N–H and O–H groups in total. The minimum absolute atomic E-state index is 0.611. The van der Waals surface area contributed by atoms with Gasteiger partial charge in [0.25, 0.3) is 0 Å². The van der Waals surface area contributed by atoms with Crippen LogP contribution in [-0.2, 0) is 19.1 Å². The van der Waals surface area contributed by atoms with Gasteiger partial charge in [0.1, 0.15) is 5.60 Å². The van der Waals surface area contributed by atoms with Gasteiger partial charge < -0.3 is 9.47 Å². The molecule has 14 heavy (non-hydrogen) atoms. The van der Waals surface area contributed by atoms with Crippen LogP contribution in [0.15, 0.2) is 0 Å². The Morgan fingerprint density at radius 2 is 1.71 bits per heavy atom. The van der Waals surface area contributed by atoms with Crippen molar-refractivity contribution in [2.75, 3.05) is 14.2 Å². The van der Waals surface area contributed by atoms with Crippen LogP contribution in [0.5, 0.6) is 0 Å². The van der Waals surface area contributed by atoms with Crippen LogP contribution in [0.2, 0.25) is 0 Å². The van der Waals surface area contributed by atoms with Crippen LogP contribution in [0.3, 0.4) is 0 Å². The Bertz CT molecular complexity index is 219. The van der Waals surface area contributed by atoms with Crippen LogP contribution >= 0.6 is 0 Å². The van der Waals surface area contributed by atoms with Crippen molar-refractivity contribution in [1.82, 2.24) is 5.32 Å². The molecule has 1 atom stereocenters. The Balaban J connectivity index is 4.40. The van der Waals surface area contributed by atoms with E-state index in [4.69, 9.17) is 4.74 Å². The number of carbonyl (C=O) groups excluding carboxylic acids is 2. The Hall–Kier alpha value is -1.10. The fraction of sp³-hybridized carbons (Fsp3) is 0.778. The summed E-state index contributed by atoms with van der Waals surface area (Å²) in [6.45, 7) is 5.19. The molecule has 0 radical (unpaired) electrons. The lowest BCUT2D eigenvalue weighted by atomic mass is 10.2. The van der Waals surface area contributed by atoms with E-state index in [0.29, 0.717) is 0 Å². The Morgan fingerprint density at radius 3 is 2.00 bits per heavy atom. The van der Waals surface area contributed by atoms with E-state index in [1.807, 2.05) is 0 Å². The van der Waals surface area contributed by atoms with Crippen molar-refractivity contribution < 1.29 is 19.1 Å². The third-order valence-electron chi connectivity index (χ3n) is 1.37. The number of hydrogen-bond acceptors (Lipinski definition) is 5. The van der Waals surface area contributed by atoms with Crippen molar-refractivity contribution in [2.24, 2.45) is 0 Å². The van der Waals surface area contributed by atoms with E-state index in [9.17, 15) is 9.59 Å². The van der Waals surface area contributed by atoms with E-state index in [0.717, 1.165) is 0 Å². The first-order valence-corrected chi connectivity index (χ1v) is 4.29. The van der Waals surface area contributed by atoms with Gasteiger partial charge in [-0.25, -0.2) is 9.59 Å². The molecule has 0 aliphatic heterocycles. The maximum Gasteiger partial charge on any atom is 0.335 e. The highest BCUT2D eigenvalue weighted by Gasteiger charge is 2.30. The zero-order valence-electron chi connectivity index (χ0n) is 9.21. The second kappa shape index (κ2) is 4.95. The van der Waals surface area contributed by atoms with Gasteiger partial charge in [-0.1, -0.05) is 0 Å². The fourth-order valence-electron chi connectivity index (χ4n) is 0.810. The van der Waals surface area contributed by atoms with Gasteiger partial charge in [0, 0.05) is 0 Å². The summed E-state index contributed by atoms with van der Waals surface area (Å²) in [5.74, 6) is -1.28. The molecule has 0 fully saturated rings. The van der Waals surface area contributed by atoms with Gasteiger partial charge in [0.15, 0.2) is 0 Å². The first-order valence-electron chi connectivity index (χ1n) is 4.29. The molecule has 0 aromatic rings. The van der Waals surface area contributed by atoms with Crippen molar-refractivity contribution in [3.05, 3.63) is 0 Å². The van der Waals surface area contributed by atoms with Crippen LogP contribution in [0, 0.1) is 0 Å². The molecule has 0 saturated carbocycles. The minimum atomic E-state index is -1.06. The summed E-state index contributed by atoms with van der Waals surface area (Å²) >= 11 is 0. The van der Waals surface area contributed by atoms with Crippen LogP contribution < -0.4 is 5.32 Å². The monoisotopic (exact) mass is 203 g/mol. The maximum absolute atomic E-state index is 11.4. The Kier molecular flexibility index (Phi) is 4.56. The summed E-state index contributed by atoms with van der Waals surface area (Å²) in [5.41, 5.74) is -0.611. The fourth-order valence-corrected chi connectivity index (χ4v) is 0.810. The molecule has 0 aliphatic carbocycles. The van der Waals surface area contributed by atoms with E-state index >= 15 is 0 Å². The number of hydrogen-bond donors (Lipinski definition) is 1. The predicted molar refractivity (Wildman–Crippen MR) is 50.7 cm³/mol. The SMILES string of the molecule is CNC(C(=O)OC)C(=O)OC(C)(C)C. The summed E-state index contributed by atoms with van der Waals surface area (Å²) in [7, 11) is 2.71. The maximum atomic E-state index is 11.4. The third-order valence-corrected chi connectivity index (χ3v) is 1.37. The van der Waals surface area contributed by atoms with E-state index in [2.05, 4.69) is 10.1 Å². The van der Waals surface area contributed by atoms with Crippen molar-refractivity contribution in [2.45, 2.75) is 32.4 Å². The summed E-state index contributed by atoms with van der Waals surface area (Å²) in [4.78, 5) is 22.5. The number of methoxy groups -OCH3 is 1. The zero-order chi connectivity index (χ0) is 11.4. The second-order valence-corrected chi connectivity index (χ2v) is 3.78. The van der Waals surface area contributed by atoms with Crippen LogP contribution in [0.25, 0.3) is 0 Å². The first-order chi connectivity index (χ1) is 6.31. The highest BCUT2D eigenvalue weighted by Crippen LogP contribution is 2.08. The lowest BCUT2D eigenvalue weighted by molar-refractivity contribution is -0.164. The van der Waals surface area contributed by atoms with Gasteiger partial charge in [-0.3, -0.25) is 5.32 Å². The van der Waals surface area contributed by atoms with Crippen molar-refractivity contribution in [1.29, 1.82) is 0 Å². The molecule has 5 nitrogen and oxygen atoms in total. The van der Waals surface area contributed by atoms with Gasteiger partial charge in [-0.15, -0.1) is 0 Å². The predicted octanol–water partition coefficient (Wildman–Crippen LogP) is 0.0891. The summed E-state index contributed by atoms with van der Waals surface area (Å²) in [6.07, 6.45) is 0. The van der Waals surface area contributed by atoms with Gasteiger partial charge >= 0.3 is 11.9 Å². The number of nitrogens with one attached hydrogen (secondary N) is 1. The second-order valence-electron chi connectivity index (χ2n) is 3.78. The Labute approximate surface area is 83.8 Å². The van der Waals surface area contributed by atoms with Gasteiger partial charge in [0.2, 0.25) is 6.04 Å². The molecule has 0 aliphatic rings. The van der Waals surface area contributed by atoms with Crippen molar-refractivity contribution in [3.63, 3.8) is 0 Å². The summed E-state index contributed by atoms with van der Waals surface area (Å²) in [5, 5.41) is 2.53. The first kappa shape index (κ1) is 12.9. The van der Waals surface area contributed by atoms with E-state index in [1.54, 1.807) is 20.8 Å². The summed E-state index contributed by atoms with van der Waals surface area (Å²) in [6, 6.07) is -1.06. The molecule has 0 aromatic heterocycles. The largest absolute Gasteiger partial charge is 0.467 e. The molecule has 0 aromatic carbocycles. The average Bonchev–Trinajstić information content (AvgIpc) is 2.01. The molecule has 0 spiro atoms. The van der Waals surface area contributed by atoms with Crippen LogP contribution in [0.4, 0.5) is 0 Å². The molecule has 82 valence electrons. The lowest BCUT2D eigenvalue weighted by Gasteiger charge is -2.22. The molecular formula is C9H17NO4. The number of esters is 2. The molecule has 0 rings (SSSR count). The van der Waals surface area contributed by atoms with Gasteiger partial charge in [-0.05, 0) is 27.8 Å². The molecule has 0 bridgehead atoms. The minimum Gasteiger partial charge on any atom is -0.467 e. The van der Waals surface area contributed by atoms with Crippen LogP contribution in [0.1, 0.15) is 20.8 Å².